The van der Waals surface area contributed by atoms with Crippen LogP contribution >= 0.6 is 27.3 Å². The molecule has 4 rings (SSSR count). The molecule has 4 aromatic rings. The van der Waals surface area contributed by atoms with Gasteiger partial charge < -0.3 is 9.47 Å². The monoisotopic (exact) mass is 568 g/mol. The van der Waals surface area contributed by atoms with E-state index in [0.29, 0.717) is 21.1 Å². The number of hydrogen-bond donors (Lipinski definition) is 0. The smallest absolute Gasteiger partial charge is 0.269 e. The van der Waals surface area contributed by atoms with Crippen LogP contribution in [-0.4, -0.2) is 28.2 Å². The maximum atomic E-state index is 10.8. The van der Waals surface area contributed by atoms with Crippen LogP contribution in [0.25, 0.3) is 10.4 Å². The van der Waals surface area contributed by atoms with Crippen molar-refractivity contribution in [1.82, 2.24) is 4.98 Å². The summed E-state index contributed by atoms with van der Waals surface area (Å²) in [7, 11) is 1.53. The number of thiazole rings is 1. The molecule has 3 aromatic carbocycles. The van der Waals surface area contributed by atoms with E-state index < -0.39 is 9.85 Å². The number of non-ortho nitro benzene ring substituents is 2. The quantitative estimate of drug-likeness (QED) is 0.124. The summed E-state index contributed by atoms with van der Waals surface area (Å²) in [5.74, 6) is 0.973. The largest absolute Gasteiger partial charge is 0.493 e. The molecule has 36 heavy (non-hydrogen) atoms. The lowest BCUT2D eigenvalue weighted by molar-refractivity contribution is -0.385. The Balaban J connectivity index is 1.46. The zero-order valence-corrected chi connectivity index (χ0v) is 21.1. The standard InChI is InChI=1S/C24H17BrN4O6S/c1-34-21-11-16(10-20(25)23(21)35-14-15-2-6-18(7-3-15)28(30)31)12-26-24-27-13-22(36-24)17-4-8-19(9-5-17)29(32)33/h2-13H,14H2,1H3. The van der Waals surface area contributed by atoms with Crippen molar-refractivity contribution in [3.05, 3.63) is 103 Å². The highest BCUT2D eigenvalue weighted by Gasteiger charge is 2.13. The van der Waals surface area contributed by atoms with E-state index in [9.17, 15) is 20.2 Å². The van der Waals surface area contributed by atoms with Crippen LogP contribution in [0.4, 0.5) is 16.5 Å². The first-order valence-electron chi connectivity index (χ1n) is 10.3. The molecule has 10 nitrogen and oxygen atoms in total. The average molecular weight is 569 g/mol. The minimum absolute atomic E-state index is 0.0150. The minimum atomic E-state index is -0.452. The van der Waals surface area contributed by atoms with E-state index in [1.807, 2.05) is 6.07 Å². The normalized spacial score (nSPS) is 10.9. The number of aromatic nitrogens is 1. The first kappa shape index (κ1) is 24.9. The summed E-state index contributed by atoms with van der Waals surface area (Å²) >= 11 is 4.86. The molecule has 0 aliphatic rings. The molecule has 0 aliphatic heterocycles. The second-order valence-electron chi connectivity index (χ2n) is 7.32. The van der Waals surface area contributed by atoms with Crippen molar-refractivity contribution >= 4 is 50.0 Å². The number of benzene rings is 3. The molecular formula is C24H17BrN4O6S. The predicted octanol–water partition coefficient (Wildman–Crippen LogP) is 6.73. The van der Waals surface area contributed by atoms with Crippen LogP contribution in [0.5, 0.6) is 11.5 Å². The van der Waals surface area contributed by atoms with Gasteiger partial charge in [0, 0.05) is 36.7 Å². The van der Waals surface area contributed by atoms with Crippen molar-refractivity contribution in [3.63, 3.8) is 0 Å². The summed E-state index contributed by atoms with van der Waals surface area (Å²) in [6.45, 7) is 0.199. The van der Waals surface area contributed by atoms with Gasteiger partial charge in [-0.25, -0.2) is 9.98 Å². The zero-order chi connectivity index (χ0) is 25.7. The maximum absolute atomic E-state index is 10.8. The third-order valence-corrected chi connectivity index (χ3v) is 6.51. The van der Waals surface area contributed by atoms with Gasteiger partial charge in [0.1, 0.15) is 6.61 Å². The van der Waals surface area contributed by atoms with Crippen molar-refractivity contribution in [2.45, 2.75) is 6.61 Å². The zero-order valence-electron chi connectivity index (χ0n) is 18.7. The Morgan fingerprint density at radius 2 is 1.67 bits per heavy atom. The summed E-state index contributed by atoms with van der Waals surface area (Å²) < 4.78 is 12.0. The molecule has 0 radical (unpaired) electrons. The lowest BCUT2D eigenvalue weighted by Crippen LogP contribution is -2.00. The van der Waals surface area contributed by atoms with Gasteiger partial charge in [-0.2, -0.15) is 0 Å². The molecule has 0 saturated carbocycles. The van der Waals surface area contributed by atoms with Crippen LogP contribution in [0.2, 0.25) is 0 Å². The number of halogens is 1. The fourth-order valence-corrected chi connectivity index (χ4v) is 4.50. The van der Waals surface area contributed by atoms with Crippen LogP contribution in [0.15, 0.2) is 76.3 Å². The van der Waals surface area contributed by atoms with Crippen LogP contribution < -0.4 is 9.47 Å². The van der Waals surface area contributed by atoms with Gasteiger partial charge in [0.05, 0.1) is 26.3 Å². The number of methoxy groups -OCH3 is 1. The summed E-state index contributed by atoms with van der Waals surface area (Å²) in [6, 6.07) is 16.0. The first-order valence-corrected chi connectivity index (χ1v) is 11.9. The summed E-state index contributed by atoms with van der Waals surface area (Å²) in [6.07, 6.45) is 3.32. The van der Waals surface area contributed by atoms with E-state index in [1.165, 1.54) is 42.7 Å². The van der Waals surface area contributed by atoms with Crippen LogP contribution in [-0.2, 0) is 6.61 Å². The summed E-state index contributed by atoms with van der Waals surface area (Å²) in [5, 5.41) is 22.2. The van der Waals surface area contributed by atoms with E-state index in [-0.39, 0.29) is 18.0 Å². The first-order chi connectivity index (χ1) is 17.3. The maximum Gasteiger partial charge on any atom is 0.269 e. The van der Waals surface area contributed by atoms with Crippen LogP contribution in [0.1, 0.15) is 11.1 Å². The van der Waals surface area contributed by atoms with Gasteiger partial charge in [-0.1, -0.05) is 11.3 Å². The van der Waals surface area contributed by atoms with Crippen molar-refractivity contribution in [2.24, 2.45) is 4.99 Å². The Morgan fingerprint density at radius 1 is 1.03 bits per heavy atom. The van der Waals surface area contributed by atoms with E-state index in [1.54, 1.807) is 42.7 Å². The Hall–Kier alpha value is -4.16. The van der Waals surface area contributed by atoms with E-state index in [4.69, 9.17) is 9.47 Å². The van der Waals surface area contributed by atoms with Crippen molar-refractivity contribution in [2.75, 3.05) is 7.11 Å². The number of rotatable bonds is 9. The van der Waals surface area contributed by atoms with Crippen molar-refractivity contribution in [1.29, 1.82) is 0 Å². The van der Waals surface area contributed by atoms with Gasteiger partial charge in [0.25, 0.3) is 11.4 Å². The highest BCUT2D eigenvalue weighted by Crippen LogP contribution is 2.37. The topological polar surface area (TPSA) is 130 Å². The molecule has 0 spiro atoms. The van der Waals surface area contributed by atoms with E-state index in [2.05, 4.69) is 25.9 Å². The highest BCUT2D eigenvalue weighted by molar-refractivity contribution is 9.10. The van der Waals surface area contributed by atoms with Crippen molar-refractivity contribution < 1.29 is 19.3 Å². The molecule has 12 heteroatoms. The molecular weight excluding hydrogens is 552 g/mol. The highest BCUT2D eigenvalue weighted by atomic mass is 79.9. The molecule has 0 bridgehead atoms. The predicted molar refractivity (Wildman–Crippen MR) is 140 cm³/mol. The number of ether oxygens (including phenoxy) is 2. The number of nitro benzene ring substituents is 2. The number of aliphatic imine (C=N–C) groups is 1. The van der Waals surface area contributed by atoms with Crippen LogP contribution in [0.3, 0.4) is 0 Å². The minimum Gasteiger partial charge on any atom is -0.493 e. The van der Waals surface area contributed by atoms with Gasteiger partial charge in [-0.15, -0.1) is 0 Å². The molecule has 1 aromatic heterocycles. The molecule has 0 saturated heterocycles. The third kappa shape index (κ3) is 5.90. The average Bonchev–Trinajstić information content (AvgIpc) is 3.36. The molecule has 182 valence electrons. The number of nitrogens with zero attached hydrogens (tertiary/aromatic N) is 4. The number of hydrogen-bond acceptors (Lipinski definition) is 9. The van der Waals surface area contributed by atoms with Gasteiger partial charge >= 0.3 is 0 Å². The molecule has 0 N–H and O–H groups in total. The fraction of sp³-hybridized carbons (Fsp3) is 0.0833. The van der Waals surface area contributed by atoms with Crippen molar-refractivity contribution in [3.8, 4) is 21.9 Å². The summed E-state index contributed by atoms with van der Waals surface area (Å²) in [5.41, 5.74) is 2.38. The van der Waals surface area contributed by atoms with E-state index in [0.717, 1.165) is 21.6 Å². The number of nitro groups is 2. The van der Waals surface area contributed by atoms with Crippen LogP contribution in [0, 0.1) is 20.2 Å². The van der Waals surface area contributed by atoms with Gasteiger partial charge in [-0.05, 0) is 69.0 Å². The molecule has 0 aliphatic carbocycles. The third-order valence-electron chi connectivity index (χ3n) is 4.96. The fourth-order valence-electron chi connectivity index (χ4n) is 3.16. The molecule has 0 fully saturated rings. The lowest BCUT2D eigenvalue weighted by Gasteiger charge is -2.13. The Morgan fingerprint density at radius 3 is 2.28 bits per heavy atom. The van der Waals surface area contributed by atoms with Gasteiger partial charge in [-0.3, -0.25) is 20.2 Å². The lowest BCUT2D eigenvalue weighted by atomic mass is 10.2. The Kier molecular flexibility index (Phi) is 7.66. The Labute approximate surface area is 217 Å². The van der Waals surface area contributed by atoms with E-state index >= 15 is 0 Å². The SMILES string of the molecule is COc1cc(C=Nc2ncc(-c3ccc([N+](=O)[O-])cc3)s2)cc(Br)c1OCc1ccc([N+](=O)[O-])cc1. The second kappa shape index (κ2) is 11.1. The molecule has 0 unspecified atom stereocenters. The van der Waals surface area contributed by atoms with Gasteiger partial charge in [0.15, 0.2) is 11.5 Å². The Bertz CT molecular complexity index is 1440. The summed E-state index contributed by atoms with van der Waals surface area (Å²) in [4.78, 5) is 30.3. The molecule has 0 atom stereocenters. The second-order valence-corrected chi connectivity index (χ2v) is 9.18. The molecule has 0 amide bonds. The van der Waals surface area contributed by atoms with Gasteiger partial charge in [0.2, 0.25) is 5.13 Å². The molecule has 1 heterocycles.